The van der Waals surface area contributed by atoms with E-state index in [2.05, 4.69) is 15.3 Å². The molecule has 29 heavy (non-hydrogen) atoms. The van der Waals surface area contributed by atoms with Gasteiger partial charge < -0.3 is 10.4 Å². The van der Waals surface area contributed by atoms with Crippen LogP contribution >= 0.6 is 0 Å². The Bertz CT molecular complexity index is 1120. The van der Waals surface area contributed by atoms with Gasteiger partial charge in [0.1, 0.15) is 23.0 Å². The zero-order valence-corrected chi connectivity index (χ0v) is 16.1. The van der Waals surface area contributed by atoms with Crippen LogP contribution in [0.5, 0.6) is 0 Å². The van der Waals surface area contributed by atoms with Crippen molar-refractivity contribution in [3.8, 4) is 0 Å². The number of halogens is 1. The van der Waals surface area contributed by atoms with E-state index < -0.39 is 21.8 Å². The second-order valence-electron chi connectivity index (χ2n) is 6.06. The Balaban J connectivity index is 1.87. The highest BCUT2D eigenvalue weighted by atomic mass is 32.2. The third kappa shape index (κ3) is 4.73. The second kappa shape index (κ2) is 8.33. The van der Waals surface area contributed by atoms with E-state index >= 15 is 0 Å². The van der Waals surface area contributed by atoms with Crippen LogP contribution in [-0.4, -0.2) is 40.8 Å². The zero-order valence-electron chi connectivity index (χ0n) is 15.3. The van der Waals surface area contributed by atoms with Crippen LogP contribution in [0.2, 0.25) is 0 Å². The Morgan fingerprint density at radius 2 is 1.79 bits per heavy atom. The van der Waals surface area contributed by atoms with Gasteiger partial charge in [0.2, 0.25) is 10.0 Å². The van der Waals surface area contributed by atoms with Gasteiger partial charge >= 0.3 is 5.97 Å². The van der Waals surface area contributed by atoms with Crippen LogP contribution in [-0.2, 0) is 16.6 Å². The average molecular weight is 416 g/mol. The van der Waals surface area contributed by atoms with Gasteiger partial charge in [-0.3, -0.25) is 0 Å². The van der Waals surface area contributed by atoms with Gasteiger partial charge in [0.15, 0.2) is 0 Å². The van der Waals surface area contributed by atoms with E-state index in [4.69, 9.17) is 0 Å². The van der Waals surface area contributed by atoms with Crippen molar-refractivity contribution in [2.75, 3.05) is 12.4 Å². The van der Waals surface area contributed by atoms with Crippen LogP contribution < -0.4 is 5.32 Å². The van der Waals surface area contributed by atoms with E-state index in [9.17, 15) is 22.7 Å². The van der Waals surface area contributed by atoms with Gasteiger partial charge in [-0.25, -0.2) is 27.6 Å². The standard InChI is InChI=1S/C19H17FN4O4S/c1-24(29(27,28)15-9-7-13(20)8-10-15)12-17-21-11-16(19(25)26)18(23-17)22-14-5-3-2-4-6-14/h2-11H,12H2,1H3,(H,25,26)(H,21,22,23). The number of para-hydroxylation sites is 1. The molecule has 1 heterocycles. The first kappa shape index (κ1) is 20.4. The lowest BCUT2D eigenvalue weighted by Gasteiger charge is -2.17. The molecule has 1 aromatic heterocycles. The van der Waals surface area contributed by atoms with Gasteiger partial charge in [-0.15, -0.1) is 0 Å². The Morgan fingerprint density at radius 1 is 1.14 bits per heavy atom. The molecule has 3 rings (SSSR count). The number of benzene rings is 2. The fourth-order valence-corrected chi connectivity index (χ4v) is 3.60. The van der Waals surface area contributed by atoms with Gasteiger partial charge in [0, 0.05) is 18.9 Å². The summed E-state index contributed by atoms with van der Waals surface area (Å²) in [5, 5.41) is 12.3. The number of carboxylic acid groups (broad SMARTS) is 1. The van der Waals surface area contributed by atoms with Crippen LogP contribution in [0.4, 0.5) is 15.9 Å². The Hall–Kier alpha value is -3.37. The molecule has 0 saturated carbocycles. The number of aromatic carboxylic acids is 1. The number of nitrogens with zero attached hydrogens (tertiary/aromatic N) is 3. The molecular formula is C19H17FN4O4S. The Kier molecular flexibility index (Phi) is 5.85. The summed E-state index contributed by atoms with van der Waals surface area (Å²) in [6.45, 7) is -0.205. The van der Waals surface area contributed by atoms with Crippen LogP contribution in [0.25, 0.3) is 0 Å². The summed E-state index contributed by atoms with van der Waals surface area (Å²) in [4.78, 5) is 19.5. The maximum atomic E-state index is 13.1. The maximum absolute atomic E-state index is 13.1. The number of rotatable bonds is 7. The second-order valence-corrected chi connectivity index (χ2v) is 8.10. The molecule has 0 radical (unpaired) electrons. The summed E-state index contributed by atoms with van der Waals surface area (Å²) in [5.41, 5.74) is 0.466. The molecule has 3 aromatic rings. The summed E-state index contributed by atoms with van der Waals surface area (Å²) in [6.07, 6.45) is 1.12. The molecule has 0 saturated heterocycles. The summed E-state index contributed by atoms with van der Waals surface area (Å²) in [5.74, 6) is -1.62. The van der Waals surface area contributed by atoms with Gasteiger partial charge in [0.05, 0.1) is 11.4 Å². The first-order chi connectivity index (χ1) is 13.8. The van der Waals surface area contributed by atoms with Crippen molar-refractivity contribution < 1.29 is 22.7 Å². The minimum absolute atomic E-state index is 0.0429. The van der Waals surface area contributed by atoms with Gasteiger partial charge in [-0.2, -0.15) is 4.31 Å². The van der Waals surface area contributed by atoms with E-state index in [1.54, 1.807) is 24.3 Å². The highest BCUT2D eigenvalue weighted by molar-refractivity contribution is 7.89. The molecule has 2 aromatic carbocycles. The van der Waals surface area contributed by atoms with E-state index in [1.165, 1.54) is 7.05 Å². The number of carbonyl (C=O) groups is 1. The highest BCUT2D eigenvalue weighted by Gasteiger charge is 2.23. The molecule has 0 fully saturated rings. The minimum Gasteiger partial charge on any atom is -0.477 e. The summed E-state index contributed by atoms with van der Waals surface area (Å²) in [7, 11) is -2.57. The molecule has 0 amide bonds. The topological polar surface area (TPSA) is 112 Å². The van der Waals surface area contributed by atoms with E-state index in [1.807, 2.05) is 6.07 Å². The van der Waals surface area contributed by atoms with Crippen molar-refractivity contribution in [3.05, 3.63) is 78.0 Å². The summed E-state index contributed by atoms with van der Waals surface area (Å²) >= 11 is 0. The smallest absolute Gasteiger partial charge is 0.341 e. The van der Waals surface area contributed by atoms with Gasteiger partial charge in [-0.1, -0.05) is 18.2 Å². The Labute approximate surface area is 166 Å². The van der Waals surface area contributed by atoms with E-state index in [0.717, 1.165) is 34.8 Å². The predicted octanol–water partition coefficient (Wildman–Crippen LogP) is 2.88. The fraction of sp³-hybridized carbons (Fsp3) is 0.105. The number of sulfonamides is 1. The van der Waals surface area contributed by atoms with E-state index in [0.29, 0.717) is 5.69 Å². The number of nitrogens with one attached hydrogen (secondary N) is 1. The lowest BCUT2D eigenvalue weighted by molar-refractivity contribution is 0.0697. The third-order valence-electron chi connectivity index (χ3n) is 3.99. The third-order valence-corrected chi connectivity index (χ3v) is 5.81. The van der Waals surface area contributed by atoms with Crippen molar-refractivity contribution in [3.63, 3.8) is 0 Å². The Morgan fingerprint density at radius 3 is 2.41 bits per heavy atom. The first-order valence-corrected chi connectivity index (χ1v) is 9.84. The molecular weight excluding hydrogens is 399 g/mol. The molecule has 0 aliphatic heterocycles. The van der Waals surface area contributed by atoms with Crippen LogP contribution in [0.3, 0.4) is 0 Å². The SMILES string of the molecule is CN(Cc1ncc(C(=O)O)c(Nc2ccccc2)n1)S(=O)(=O)c1ccc(F)cc1. The molecule has 0 unspecified atom stereocenters. The molecule has 10 heteroatoms. The average Bonchev–Trinajstić information content (AvgIpc) is 2.69. The normalized spacial score (nSPS) is 11.4. The number of aromatic nitrogens is 2. The van der Waals surface area contributed by atoms with E-state index in [-0.39, 0.29) is 28.6 Å². The van der Waals surface area contributed by atoms with Gasteiger partial charge in [0.25, 0.3) is 0 Å². The molecule has 150 valence electrons. The number of carboxylic acids is 1. The van der Waals surface area contributed by atoms with Crippen LogP contribution in [0.1, 0.15) is 16.2 Å². The molecule has 0 atom stereocenters. The predicted molar refractivity (Wildman–Crippen MR) is 104 cm³/mol. The minimum atomic E-state index is -3.90. The highest BCUT2D eigenvalue weighted by Crippen LogP contribution is 2.20. The van der Waals surface area contributed by atoms with Gasteiger partial charge in [-0.05, 0) is 36.4 Å². The van der Waals surface area contributed by atoms with Crippen molar-refractivity contribution >= 4 is 27.5 Å². The lowest BCUT2D eigenvalue weighted by atomic mass is 10.2. The first-order valence-electron chi connectivity index (χ1n) is 8.40. The quantitative estimate of drug-likeness (QED) is 0.609. The lowest BCUT2D eigenvalue weighted by Crippen LogP contribution is -2.27. The molecule has 0 bridgehead atoms. The summed E-state index contributed by atoms with van der Waals surface area (Å²) in [6, 6.07) is 13.3. The monoisotopic (exact) mass is 416 g/mol. The maximum Gasteiger partial charge on any atom is 0.341 e. The number of hydrogen-bond donors (Lipinski definition) is 2. The number of hydrogen-bond acceptors (Lipinski definition) is 6. The molecule has 0 aliphatic rings. The largest absolute Gasteiger partial charge is 0.477 e. The van der Waals surface area contributed by atoms with Crippen molar-refractivity contribution in [1.29, 1.82) is 0 Å². The summed E-state index contributed by atoms with van der Waals surface area (Å²) < 4.78 is 39.3. The van der Waals surface area contributed by atoms with Crippen LogP contribution in [0, 0.1) is 5.82 Å². The van der Waals surface area contributed by atoms with Crippen molar-refractivity contribution in [2.24, 2.45) is 0 Å². The van der Waals surface area contributed by atoms with Crippen molar-refractivity contribution in [1.82, 2.24) is 14.3 Å². The molecule has 0 aliphatic carbocycles. The molecule has 0 spiro atoms. The molecule has 8 nitrogen and oxygen atoms in total. The molecule has 2 N–H and O–H groups in total. The van der Waals surface area contributed by atoms with Crippen molar-refractivity contribution in [2.45, 2.75) is 11.4 Å². The number of anilines is 2. The zero-order chi connectivity index (χ0) is 21.0. The van der Waals surface area contributed by atoms with Crippen LogP contribution in [0.15, 0.2) is 65.7 Å². The fourth-order valence-electron chi connectivity index (χ4n) is 2.48.